The lowest BCUT2D eigenvalue weighted by molar-refractivity contribution is 0.342. The van der Waals surface area contributed by atoms with E-state index < -0.39 is 0 Å². The molecule has 1 N–H and O–H groups in total. The van der Waals surface area contributed by atoms with Crippen LogP contribution in [0.1, 0.15) is 46.5 Å². The van der Waals surface area contributed by atoms with E-state index in [9.17, 15) is 0 Å². The van der Waals surface area contributed by atoms with E-state index in [-0.39, 0.29) is 0 Å². The van der Waals surface area contributed by atoms with Crippen LogP contribution in [-0.4, -0.2) is 16.5 Å². The molecular weight excluding hydrogens is 325 g/mol. The maximum atomic E-state index is 4.25. The fourth-order valence-corrected chi connectivity index (χ4v) is 2.20. The van der Waals surface area contributed by atoms with Crippen LogP contribution >= 0.6 is 22.6 Å². The molecule has 0 bridgehead atoms. The molecule has 1 aromatic rings. The maximum Gasteiger partial charge on any atom is 0.142 e. The van der Waals surface area contributed by atoms with Crippen molar-refractivity contribution in [2.45, 2.75) is 46.5 Å². The van der Waals surface area contributed by atoms with Gasteiger partial charge in [0.2, 0.25) is 0 Å². The number of hydrogen-bond donors (Lipinski definition) is 1. The Kier molecular flexibility index (Phi) is 6.16. The third-order valence-corrected chi connectivity index (χ3v) is 3.65. The molecule has 17 heavy (non-hydrogen) atoms. The lowest BCUT2D eigenvalue weighted by atomic mass is 9.87. The van der Waals surface area contributed by atoms with Gasteiger partial charge in [-0.15, -0.1) is 0 Å². The fraction of sp³-hybridized carbons (Fsp3) is 0.692. The molecule has 1 rings (SSSR count). The quantitative estimate of drug-likeness (QED) is 0.596. The van der Waals surface area contributed by atoms with Crippen molar-refractivity contribution >= 4 is 28.4 Å². The molecule has 0 atom stereocenters. The summed E-state index contributed by atoms with van der Waals surface area (Å²) >= 11 is 2.26. The van der Waals surface area contributed by atoms with E-state index in [1.807, 2.05) is 6.20 Å². The second-order valence-electron chi connectivity index (χ2n) is 5.19. The highest BCUT2D eigenvalue weighted by Crippen LogP contribution is 2.24. The highest BCUT2D eigenvalue weighted by Gasteiger charge is 2.17. The summed E-state index contributed by atoms with van der Waals surface area (Å²) < 4.78 is 1.08. The van der Waals surface area contributed by atoms with Crippen molar-refractivity contribution in [1.29, 1.82) is 0 Å². The van der Waals surface area contributed by atoms with E-state index in [2.05, 4.69) is 58.6 Å². The third kappa shape index (κ3) is 5.66. The number of nitrogens with one attached hydrogen (secondary N) is 1. The van der Waals surface area contributed by atoms with Crippen LogP contribution < -0.4 is 5.32 Å². The minimum atomic E-state index is 0.323. The van der Waals surface area contributed by atoms with Gasteiger partial charge in [-0.25, -0.2) is 9.97 Å². The molecule has 0 amide bonds. The first-order valence-corrected chi connectivity index (χ1v) is 7.32. The predicted molar refractivity (Wildman–Crippen MR) is 81.2 cm³/mol. The normalized spacial score (nSPS) is 11.5. The van der Waals surface area contributed by atoms with Crippen LogP contribution in [-0.2, 0) is 0 Å². The zero-order chi connectivity index (χ0) is 12.7. The Balaban J connectivity index is 2.41. The van der Waals surface area contributed by atoms with Gasteiger partial charge in [0.1, 0.15) is 12.1 Å². The molecule has 1 aromatic heterocycles. The van der Waals surface area contributed by atoms with E-state index in [1.165, 1.54) is 25.7 Å². The van der Waals surface area contributed by atoms with Crippen molar-refractivity contribution in [1.82, 2.24) is 9.97 Å². The minimum Gasteiger partial charge on any atom is -0.369 e. The standard InChI is InChI=1S/C13H22IN3/c1-4-5-6-7-13(2,3)9-16-12-11(14)8-15-10-17-12/h8,10H,4-7,9H2,1-3H3,(H,15,16,17). The number of nitrogens with zero attached hydrogens (tertiary/aromatic N) is 2. The average Bonchev–Trinajstić information content (AvgIpc) is 2.28. The van der Waals surface area contributed by atoms with Crippen LogP contribution in [0.15, 0.2) is 12.5 Å². The molecule has 3 nitrogen and oxygen atoms in total. The molecule has 0 unspecified atom stereocenters. The van der Waals surface area contributed by atoms with Gasteiger partial charge in [0.05, 0.1) is 3.57 Å². The summed E-state index contributed by atoms with van der Waals surface area (Å²) in [6.07, 6.45) is 8.61. The zero-order valence-electron chi connectivity index (χ0n) is 11.0. The number of halogens is 1. The Bertz CT molecular complexity index is 339. The molecule has 0 saturated carbocycles. The number of anilines is 1. The molecule has 1 heterocycles. The van der Waals surface area contributed by atoms with Gasteiger partial charge in [0, 0.05) is 12.7 Å². The molecule has 4 heteroatoms. The highest BCUT2D eigenvalue weighted by molar-refractivity contribution is 14.1. The smallest absolute Gasteiger partial charge is 0.142 e. The number of hydrogen-bond acceptors (Lipinski definition) is 3. The van der Waals surface area contributed by atoms with E-state index in [0.29, 0.717) is 5.41 Å². The lowest BCUT2D eigenvalue weighted by Gasteiger charge is -2.25. The Morgan fingerprint density at radius 2 is 2.12 bits per heavy atom. The van der Waals surface area contributed by atoms with Crippen molar-refractivity contribution < 1.29 is 0 Å². The van der Waals surface area contributed by atoms with Crippen molar-refractivity contribution in [3.8, 4) is 0 Å². The van der Waals surface area contributed by atoms with Gasteiger partial charge in [-0.3, -0.25) is 0 Å². The first-order chi connectivity index (χ1) is 8.05. The zero-order valence-corrected chi connectivity index (χ0v) is 13.1. The van der Waals surface area contributed by atoms with Gasteiger partial charge in [-0.05, 0) is 34.4 Å². The van der Waals surface area contributed by atoms with E-state index in [0.717, 1.165) is 15.9 Å². The molecule has 0 aliphatic rings. The number of aromatic nitrogens is 2. The van der Waals surface area contributed by atoms with Gasteiger partial charge < -0.3 is 5.32 Å². The highest BCUT2D eigenvalue weighted by atomic mass is 127. The summed E-state index contributed by atoms with van der Waals surface area (Å²) in [4.78, 5) is 8.24. The van der Waals surface area contributed by atoms with Gasteiger partial charge >= 0.3 is 0 Å². The molecule has 0 fully saturated rings. The Morgan fingerprint density at radius 1 is 1.35 bits per heavy atom. The second kappa shape index (κ2) is 7.13. The first-order valence-electron chi connectivity index (χ1n) is 6.24. The van der Waals surface area contributed by atoms with E-state index in [1.54, 1.807) is 6.33 Å². The van der Waals surface area contributed by atoms with Gasteiger partial charge in [-0.2, -0.15) is 0 Å². The monoisotopic (exact) mass is 347 g/mol. The summed E-state index contributed by atoms with van der Waals surface area (Å²) in [5, 5.41) is 3.42. The number of rotatable bonds is 7. The van der Waals surface area contributed by atoms with Crippen LogP contribution in [0.25, 0.3) is 0 Å². The van der Waals surface area contributed by atoms with E-state index >= 15 is 0 Å². The first kappa shape index (κ1) is 14.7. The minimum absolute atomic E-state index is 0.323. The molecule has 0 aliphatic carbocycles. The molecule has 0 aromatic carbocycles. The average molecular weight is 347 g/mol. The van der Waals surface area contributed by atoms with Crippen molar-refractivity contribution in [2.24, 2.45) is 5.41 Å². The Morgan fingerprint density at radius 3 is 2.76 bits per heavy atom. The summed E-state index contributed by atoms with van der Waals surface area (Å²) in [7, 11) is 0. The molecule has 96 valence electrons. The van der Waals surface area contributed by atoms with Crippen LogP contribution in [0.4, 0.5) is 5.82 Å². The van der Waals surface area contributed by atoms with Gasteiger partial charge in [-0.1, -0.05) is 40.0 Å². The van der Waals surface area contributed by atoms with Gasteiger partial charge in [0.15, 0.2) is 0 Å². The van der Waals surface area contributed by atoms with Crippen molar-refractivity contribution in [3.63, 3.8) is 0 Å². The summed E-state index contributed by atoms with van der Waals surface area (Å²) in [5.41, 5.74) is 0.323. The summed E-state index contributed by atoms with van der Waals surface area (Å²) in [6, 6.07) is 0. The SMILES string of the molecule is CCCCCC(C)(C)CNc1ncncc1I. The third-order valence-electron chi connectivity index (χ3n) is 2.86. The van der Waals surface area contributed by atoms with Crippen LogP contribution in [0.5, 0.6) is 0 Å². The van der Waals surface area contributed by atoms with Gasteiger partial charge in [0.25, 0.3) is 0 Å². The molecule has 0 aliphatic heterocycles. The topological polar surface area (TPSA) is 37.8 Å². The molecule has 0 radical (unpaired) electrons. The van der Waals surface area contributed by atoms with Crippen LogP contribution in [0.2, 0.25) is 0 Å². The Hall–Kier alpha value is -0.390. The summed E-state index contributed by atoms with van der Waals surface area (Å²) in [6.45, 7) is 7.83. The molecular formula is C13H22IN3. The molecule has 0 spiro atoms. The predicted octanol–water partition coefficient (Wildman–Crippen LogP) is 4.10. The number of unbranched alkanes of at least 4 members (excludes halogenated alkanes) is 2. The van der Waals surface area contributed by atoms with E-state index in [4.69, 9.17) is 0 Å². The van der Waals surface area contributed by atoms with Crippen molar-refractivity contribution in [3.05, 3.63) is 16.1 Å². The summed E-state index contributed by atoms with van der Waals surface area (Å²) in [5.74, 6) is 0.948. The molecule has 0 saturated heterocycles. The Labute approximate surface area is 118 Å². The van der Waals surface area contributed by atoms with Crippen molar-refractivity contribution in [2.75, 3.05) is 11.9 Å². The lowest BCUT2D eigenvalue weighted by Crippen LogP contribution is -2.23. The van der Waals surface area contributed by atoms with Crippen LogP contribution in [0, 0.1) is 8.99 Å². The van der Waals surface area contributed by atoms with Crippen LogP contribution in [0.3, 0.4) is 0 Å². The second-order valence-corrected chi connectivity index (χ2v) is 6.36. The maximum absolute atomic E-state index is 4.25. The fourth-order valence-electron chi connectivity index (χ4n) is 1.71. The largest absolute Gasteiger partial charge is 0.369 e.